The Morgan fingerprint density at radius 2 is 1.54 bits per heavy atom. The number of rotatable bonds is 3. The van der Waals surface area contributed by atoms with Gasteiger partial charge < -0.3 is 9.64 Å². The van der Waals surface area contributed by atoms with Crippen molar-refractivity contribution in [2.24, 2.45) is 0 Å². The van der Waals surface area contributed by atoms with Crippen LogP contribution in [-0.2, 0) is 9.53 Å². The molecule has 1 saturated heterocycles. The summed E-state index contributed by atoms with van der Waals surface area (Å²) < 4.78 is 5.24. The van der Waals surface area contributed by atoms with E-state index in [4.69, 9.17) is 51.1 Å². The van der Waals surface area contributed by atoms with E-state index in [1.54, 1.807) is 12.0 Å². The van der Waals surface area contributed by atoms with E-state index in [1.807, 2.05) is 0 Å². The molecule has 2 atom stereocenters. The third kappa shape index (κ3) is 2.88. The predicted molar refractivity (Wildman–Crippen MR) is 98.4 cm³/mol. The second-order valence-electron chi connectivity index (χ2n) is 6.09. The van der Waals surface area contributed by atoms with Crippen LogP contribution >= 0.6 is 46.4 Å². The molecule has 26 heavy (non-hydrogen) atoms. The van der Waals surface area contributed by atoms with Crippen LogP contribution in [0.3, 0.4) is 0 Å². The second kappa shape index (κ2) is 7.17. The number of nitrogens with zero attached hydrogens (tertiary/aromatic N) is 2. The minimum absolute atomic E-state index is 0.0603. The summed E-state index contributed by atoms with van der Waals surface area (Å²) >= 11 is 24.2. The number of methoxy groups -OCH3 is 1. The summed E-state index contributed by atoms with van der Waals surface area (Å²) in [5.74, 6) is -1.80. The first-order chi connectivity index (χ1) is 12.2. The number of likely N-dealkylation sites (tertiary alicyclic amines) is 1. The van der Waals surface area contributed by atoms with Crippen LogP contribution in [0.1, 0.15) is 34.1 Å². The SMILES string of the molecule is COC1CCN(C(=O)C(C)N2C(=O)c3c(Cl)c(Cl)c(Cl)c(Cl)c3C2=O)C1. The lowest BCUT2D eigenvalue weighted by atomic mass is 10.1. The lowest BCUT2D eigenvalue weighted by molar-refractivity contribution is -0.134. The molecule has 140 valence electrons. The van der Waals surface area contributed by atoms with Gasteiger partial charge in [-0.1, -0.05) is 46.4 Å². The molecule has 3 rings (SSSR count). The molecule has 2 unspecified atom stereocenters. The highest BCUT2D eigenvalue weighted by Crippen LogP contribution is 2.45. The third-order valence-electron chi connectivity index (χ3n) is 4.67. The van der Waals surface area contributed by atoms with E-state index in [-0.39, 0.29) is 43.2 Å². The molecule has 0 N–H and O–H groups in total. The van der Waals surface area contributed by atoms with Crippen molar-refractivity contribution in [3.05, 3.63) is 31.2 Å². The Labute approximate surface area is 169 Å². The first-order valence-corrected chi connectivity index (χ1v) is 9.27. The number of hydrogen-bond donors (Lipinski definition) is 0. The maximum Gasteiger partial charge on any atom is 0.263 e. The molecule has 0 bridgehead atoms. The van der Waals surface area contributed by atoms with Gasteiger partial charge in [-0.05, 0) is 13.3 Å². The fourth-order valence-corrected chi connectivity index (χ4v) is 4.23. The summed E-state index contributed by atoms with van der Waals surface area (Å²) in [5.41, 5.74) is -0.265. The smallest absolute Gasteiger partial charge is 0.263 e. The minimum atomic E-state index is -1.03. The van der Waals surface area contributed by atoms with Crippen LogP contribution in [0.5, 0.6) is 0 Å². The number of halogens is 4. The van der Waals surface area contributed by atoms with Crippen LogP contribution in [0, 0.1) is 0 Å². The topological polar surface area (TPSA) is 66.9 Å². The van der Waals surface area contributed by atoms with Gasteiger partial charge in [0, 0.05) is 20.2 Å². The summed E-state index contributed by atoms with van der Waals surface area (Å²) in [5, 5.41) is -0.530. The monoisotopic (exact) mass is 438 g/mol. The Hall–Kier alpha value is -1.05. The number of benzene rings is 1. The molecule has 10 heteroatoms. The lowest BCUT2D eigenvalue weighted by Gasteiger charge is -2.26. The normalized spacial score (nSPS) is 20.8. The number of amides is 3. The maximum atomic E-state index is 12.8. The Kier molecular flexibility index (Phi) is 5.43. The van der Waals surface area contributed by atoms with Crippen molar-refractivity contribution >= 4 is 64.1 Å². The molecule has 0 aliphatic carbocycles. The minimum Gasteiger partial charge on any atom is -0.380 e. The van der Waals surface area contributed by atoms with Crippen molar-refractivity contribution in [2.75, 3.05) is 20.2 Å². The zero-order chi connectivity index (χ0) is 19.3. The van der Waals surface area contributed by atoms with Crippen LogP contribution in [0.4, 0.5) is 0 Å². The molecule has 0 aromatic heterocycles. The van der Waals surface area contributed by atoms with E-state index in [0.29, 0.717) is 19.5 Å². The molecule has 1 fully saturated rings. The number of hydrogen-bond acceptors (Lipinski definition) is 4. The van der Waals surface area contributed by atoms with Crippen molar-refractivity contribution in [2.45, 2.75) is 25.5 Å². The van der Waals surface area contributed by atoms with Crippen molar-refractivity contribution in [3.8, 4) is 0 Å². The van der Waals surface area contributed by atoms with E-state index in [2.05, 4.69) is 0 Å². The third-order valence-corrected chi connectivity index (χ3v) is 6.47. The molecule has 1 aromatic carbocycles. The molecule has 0 spiro atoms. The van der Waals surface area contributed by atoms with E-state index in [1.165, 1.54) is 6.92 Å². The molecule has 2 aliphatic rings. The Balaban J connectivity index is 1.94. The van der Waals surface area contributed by atoms with Crippen molar-refractivity contribution in [3.63, 3.8) is 0 Å². The first-order valence-electron chi connectivity index (χ1n) is 7.76. The molecule has 0 saturated carbocycles. The van der Waals surface area contributed by atoms with Gasteiger partial charge in [-0.25, -0.2) is 0 Å². The molecular formula is C16H14Cl4N2O4. The highest BCUT2D eigenvalue weighted by atomic mass is 35.5. The van der Waals surface area contributed by atoms with E-state index in [9.17, 15) is 14.4 Å². The molecular weight excluding hydrogens is 426 g/mol. The molecule has 1 aromatic rings. The Morgan fingerprint density at radius 1 is 1.04 bits per heavy atom. The van der Waals surface area contributed by atoms with Gasteiger partial charge in [0.2, 0.25) is 5.91 Å². The van der Waals surface area contributed by atoms with E-state index >= 15 is 0 Å². The van der Waals surface area contributed by atoms with Crippen LogP contribution in [0.2, 0.25) is 20.1 Å². The van der Waals surface area contributed by atoms with Crippen LogP contribution in [-0.4, -0.2) is 59.9 Å². The molecule has 3 amide bonds. The maximum absolute atomic E-state index is 12.8. The average Bonchev–Trinajstić information content (AvgIpc) is 3.19. The summed E-state index contributed by atoms with van der Waals surface area (Å²) in [6, 6.07) is -1.03. The van der Waals surface area contributed by atoms with Gasteiger partial charge in [-0.2, -0.15) is 0 Å². The standard InChI is InChI=1S/C16H14Cl4N2O4/c1-6(14(23)21-4-3-7(5-21)26-2)22-15(24)8-9(16(22)25)11(18)13(20)12(19)10(8)17/h6-7H,3-5H2,1-2H3. The molecule has 2 heterocycles. The summed E-state index contributed by atoms with van der Waals surface area (Å²) in [6.07, 6.45) is 0.634. The van der Waals surface area contributed by atoms with Gasteiger partial charge in [-0.15, -0.1) is 0 Å². The molecule has 0 radical (unpaired) electrons. The van der Waals surface area contributed by atoms with Crippen molar-refractivity contribution < 1.29 is 19.1 Å². The first kappa shape index (κ1) is 19.7. The van der Waals surface area contributed by atoms with Gasteiger partial charge in [0.1, 0.15) is 6.04 Å². The molecule has 6 nitrogen and oxygen atoms in total. The van der Waals surface area contributed by atoms with Crippen LogP contribution in [0.15, 0.2) is 0 Å². The van der Waals surface area contributed by atoms with Gasteiger partial charge in [0.05, 0.1) is 37.3 Å². The number of fused-ring (bicyclic) bond motifs is 1. The summed E-state index contributed by atoms with van der Waals surface area (Å²) in [6.45, 7) is 2.38. The summed E-state index contributed by atoms with van der Waals surface area (Å²) in [7, 11) is 1.57. The quantitative estimate of drug-likeness (QED) is 0.410. The van der Waals surface area contributed by atoms with E-state index in [0.717, 1.165) is 4.90 Å². The van der Waals surface area contributed by atoms with Crippen molar-refractivity contribution in [1.82, 2.24) is 9.80 Å². The fraction of sp³-hybridized carbons (Fsp3) is 0.438. The van der Waals surface area contributed by atoms with Gasteiger partial charge in [-0.3, -0.25) is 19.3 Å². The number of ether oxygens (including phenoxy) is 1. The van der Waals surface area contributed by atoms with Gasteiger partial charge >= 0.3 is 0 Å². The Bertz CT molecular complexity index is 782. The van der Waals surface area contributed by atoms with Gasteiger partial charge in [0.15, 0.2) is 0 Å². The van der Waals surface area contributed by atoms with Gasteiger partial charge in [0.25, 0.3) is 11.8 Å². The highest BCUT2D eigenvalue weighted by molar-refractivity contribution is 6.55. The number of carbonyl (C=O) groups excluding carboxylic acids is 3. The largest absolute Gasteiger partial charge is 0.380 e. The summed E-state index contributed by atoms with van der Waals surface area (Å²) in [4.78, 5) is 40.7. The van der Waals surface area contributed by atoms with E-state index < -0.39 is 17.9 Å². The zero-order valence-corrected chi connectivity index (χ0v) is 16.8. The highest BCUT2D eigenvalue weighted by Gasteiger charge is 2.46. The number of carbonyl (C=O) groups is 3. The predicted octanol–water partition coefficient (Wildman–Crippen LogP) is 3.53. The lowest BCUT2D eigenvalue weighted by Crippen LogP contribution is -2.49. The average molecular weight is 440 g/mol. The second-order valence-corrected chi connectivity index (χ2v) is 7.60. The zero-order valence-electron chi connectivity index (χ0n) is 13.8. The number of imide groups is 1. The van der Waals surface area contributed by atoms with Crippen molar-refractivity contribution in [1.29, 1.82) is 0 Å². The van der Waals surface area contributed by atoms with Crippen LogP contribution < -0.4 is 0 Å². The Morgan fingerprint density at radius 3 is 1.96 bits per heavy atom. The molecule has 2 aliphatic heterocycles. The van der Waals surface area contributed by atoms with Crippen LogP contribution in [0.25, 0.3) is 0 Å². The fourth-order valence-electron chi connectivity index (χ4n) is 3.21.